The molecule has 4 heteroatoms. The molecule has 0 saturated heterocycles. The topological polar surface area (TPSA) is 68.7 Å². The Hall–Kier alpha value is -2.54. The highest BCUT2D eigenvalue weighted by Crippen LogP contribution is 2.09. The molecule has 4 nitrogen and oxygen atoms in total. The minimum atomic E-state index is -0.170. The van der Waals surface area contributed by atoms with Crippen LogP contribution in [-0.2, 0) is 6.42 Å². The molecule has 1 aromatic heterocycles. The second kappa shape index (κ2) is 6.58. The van der Waals surface area contributed by atoms with Crippen molar-refractivity contribution in [2.75, 3.05) is 6.54 Å². The molecule has 0 aliphatic rings. The maximum atomic E-state index is 11.8. The standard InChI is InChI=1S/C16H17N3O/c1-12-5-2-3-6-14(12)7-4-8-18-16(20)15-9-13(10-17)11-19-15/h2-3,5-6,9,11,19H,4,7-8H2,1H3,(H,18,20). The smallest absolute Gasteiger partial charge is 0.267 e. The van der Waals surface area contributed by atoms with Gasteiger partial charge in [-0.25, -0.2) is 0 Å². The van der Waals surface area contributed by atoms with Gasteiger partial charge in [-0.2, -0.15) is 5.26 Å². The van der Waals surface area contributed by atoms with Gasteiger partial charge < -0.3 is 10.3 Å². The highest BCUT2D eigenvalue weighted by Gasteiger charge is 2.07. The highest BCUT2D eigenvalue weighted by atomic mass is 16.1. The number of hydrogen-bond donors (Lipinski definition) is 2. The third-order valence-electron chi connectivity index (χ3n) is 3.23. The molecule has 2 N–H and O–H groups in total. The summed E-state index contributed by atoms with van der Waals surface area (Å²) in [6, 6.07) is 11.8. The predicted octanol–water partition coefficient (Wildman–Crippen LogP) is 2.56. The highest BCUT2D eigenvalue weighted by molar-refractivity contribution is 5.92. The Morgan fingerprint density at radius 3 is 2.90 bits per heavy atom. The van der Waals surface area contributed by atoms with Crippen LogP contribution in [0.4, 0.5) is 0 Å². The number of aryl methyl sites for hydroxylation is 2. The van der Waals surface area contributed by atoms with Crippen LogP contribution in [-0.4, -0.2) is 17.4 Å². The van der Waals surface area contributed by atoms with E-state index < -0.39 is 0 Å². The number of carbonyl (C=O) groups is 1. The molecular formula is C16H17N3O. The first-order chi connectivity index (χ1) is 9.70. The Morgan fingerprint density at radius 2 is 2.20 bits per heavy atom. The fourth-order valence-electron chi connectivity index (χ4n) is 2.06. The summed E-state index contributed by atoms with van der Waals surface area (Å²) in [4.78, 5) is 14.6. The van der Waals surface area contributed by atoms with Gasteiger partial charge in [-0.05, 0) is 37.0 Å². The van der Waals surface area contributed by atoms with Crippen molar-refractivity contribution in [3.05, 3.63) is 58.9 Å². The van der Waals surface area contributed by atoms with Crippen LogP contribution in [0.2, 0.25) is 0 Å². The van der Waals surface area contributed by atoms with E-state index in [9.17, 15) is 4.79 Å². The lowest BCUT2D eigenvalue weighted by Gasteiger charge is -2.06. The Morgan fingerprint density at radius 1 is 1.40 bits per heavy atom. The molecule has 20 heavy (non-hydrogen) atoms. The molecule has 0 bridgehead atoms. The van der Waals surface area contributed by atoms with E-state index in [1.807, 2.05) is 18.2 Å². The average Bonchev–Trinajstić information content (AvgIpc) is 2.94. The number of rotatable bonds is 5. The lowest BCUT2D eigenvalue weighted by atomic mass is 10.0. The van der Waals surface area contributed by atoms with Crippen molar-refractivity contribution in [2.24, 2.45) is 0 Å². The molecule has 0 aliphatic carbocycles. The lowest BCUT2D eigenvalue weighted by Crippen LogP contribution is -2.25. The molecule has 1 aromatic carbocycles. The molecule has 0 saturated carbocycles. The third-order valence-corrected chi connectivity index (χ3v) is 3.23. The van der Waals surface area contributed by atoms with E-state index in [1.54, 1.807) is 6.07 Å². The van der Waals surface area contributed by atoms with E-state index in [0.29, 0.717) is 17.8 Å². The second-order valence-electron chi connectivity index (χ2n) is 4.70. The molecule has 1 amide bonds. The van der Waals surface area contributed by atoms with Gasteiger partial charge in [0.25, 0.3) is 5.91 Å². The minimum Gasteiger partial charge on any atom is -0.356 e. The molecule has 0 unspecified atom stereocenters. The number of amides is 1. The fraction of sp³-hybridized carbons (Fsp3) is 0.250. The fourth-order valence-corrected chi connectivity index (χ4v) is 2.06. The first kappa shape index (κ1) is 13.9. The number of carbonyl (C=O) groups excluding carboxylic acids is 1. The van der Waals surface area contributed by atoms with Crippen molar-refractivity contribution in [3.8, 4) is 6.07 Å². The van der Waals surface area contributed by atoms with Crippen LogP contribution in [0, 0.1) is 18.3 Å². The minimum absolute atomic E-state index is 0.170. The molecule has 0 atom stereocenters. The van der Waals surface area contributed by atoms with Gasteiger partial charge in [-0.15, -0.1) is 0 Å². The lowest BCUT2D eigenvalue weighted by molar-refractivity contribution is 0.0949. The van der Waals surface area contributed by atoms with E-state index >= 15 is 0 Å². The number of nitriles is 1. The number of H-pyrrole nitrogens is 1. The molecule has 1 heterocycles. The number of nitrogens with one attached hydrogen (secondary N) is 2. The maximum Gasteiger partial charge on any atom is 0.267 e. The van der Waals surface area contributed by atoms with Gasteiger partial charge in [0, 0.05) is 12.7 Å². The Bertz CT molecular complexity index is 637. The number of aromatic amines is 1. The van der Waals surface area contributed by atoms with E-state index in [1.165, 1.54) is 17.3 Å². The van der Waals surface area contributed by atoms with Gasteiger partial charge in [-0.3, -0.25) is 4.79 Å². The largest absolute Gasteiger partial charge is 0.356 e. The summed E-state index contributed by atoms with van der Waals surface area (Å²) in [5, 5.41) is 11.5. The summed E-state index contributed by atoms with van der Waals surface area (Å²) in [5.74, 6) is -0.170. The second-order valence-corrected chi connectivity index (χ2v) is 4.70. The van der Waals surface area contributed by atoms with Crippen LogP contribution in [0.1, 0.15) is 33.6 Å². The maximum absolute atomic E-state index is 11.8. The first-order valence-corrected chi connectivity index (χ1v) is 6.62. The molecule has 0 fully saturated rings. The predicted molar refractivity (Wildman–Crippen MR) is 77.3 cm³/mol. The van der Waals surface area contributed by atoms with Gasteiger partial charge in [0.05, 0.1) is 5.56 Å². The Kier molecular flexibility index (Phi) is 4.56. The monoisotopic (exact) mass is 267 g/mol. The first-order valence-electron chi connectivity index (χ1n) is 6.62. The summed E-state index contributed by atoms with van der Waals surface area (Å²) in [6.07, 6.45) is 3.37. The number of nitrogens with zero attached hydrogens (tertiary/aromatic N) is 1. The zero-order chi connectivity index (χ0) is 14.4. The summed E-state index contributed by atoms with van der Waals surface area (Å²) in [5.41, 5.74) is 3.49. The van der Waals surface area contributed by atoms with E-state index in [-0.39, 0.29) is 5.91 Å². The zero-order valence-electron chi connectivity index (χ0n) is 11.4. The van der Waals surface area contributed by atoms with Gasteiger partial charge >= 0.3 is 0 Å². The van der Waals surface area contributed by atoms with Crippen molar-refractivity contribution in [3.63, 3.8) is 0 Å². The Labute approximate surface area is 118 Å². The molecule has 2 rings (SSSR count). The van der Waals surface area contributed by atoms with Crippen LogP contribution >= 0.6 is 0 Å². The van der Waals surface area contributed by atoms with Crippen molar-refractivity contribution in [1.82, 2.24) is 10.3 Å². The quantitative estimate of drug-likeness (QED) is 0.817. The van der Waals surface area contributed by atoms with Crippen molar-refractivity contribution < 1.29 is 4.79 Å². The van der Waals surface area contributed by atoms with Crippen LogP contribution in [0.25, 0.3) is 0 Å². The van der Waals surface area contributed by atoms with Crippen molar-refractivity contribution in [1.29, 1.82) is 5.26 Å². The van der Waals surface area contributed by atoms with Gasteiger partial charge in [0.1, 0.15) is 11.8 Å². The summed E-state index contributed by atoms with van der Waals surface area (Å²) >= 11 is 0. The normalized spacial score (nSPS) is 10.0. The molecule has 102 valence electrons. The molecular weight excluding hydrogens is 250 g/mol. The third kappa shape index (κ3) is 3.48. The van der Waals surface area contributed by atoms with Crippen LogP contribution < -0.4 is 5.32 Å². The summed E-state index contributed by atoms with van der Waals surface area (Å²) < 4.78 is 0. The number of benzene rings is 1. The molecule has 0 spiro atoms. The number of aromatic nitrogens is 1. The van der Waals surface area contributed by atoms with E-state index in [4.69, 9.17) is 5.26 Å². The van der Waals surface area contributed by atoms with Gasteiger partial charge in [0.15, 0.2) is 0 Å². The SMILES string of the molecule is Cc1ccccc1CCCNC(=O)c1cc(C#N)c[nH]1. The van der Waals surface area contributed by atoms with Crippen LogP contribution in [0.3, 0.4) is 0 Å². The summed E-state index contributed by atoms with van der Waals surface area (Å²) in [7, 11) is 0. The van der Waals surface area contributed by atoms with Gasteiger partial charge in [0.2, 0.25) is 0 Å². The van der Waals surface area contributed by atoms with E-state index in [2.05, 4.69) is 29.4 Å². The zero-order valence-corrected chi connectivity index (χ0v) is 11.4. The Balaban J connectivity index is 1.77. The van der Waals surface area contributed by atoms with Crippen molar-refractivity contribution >= 4 is 5.91 Å². The molecule has 0 aliphatic heterocycles. The number of hydrogen-bond acceptors (Lipinski definition) is 2. The van der Waals surface area contributed by atoms with Crippen LogP contribution in [0.15, 0.2) is 36.5 Å². The average molecular weight is 267 g/mol. The van der Waals surface area contributed by atoms with Crippen LogP contribution in [0.5, 0.6) is 0 Å². The van der Waals surface area contributed by atoms with E-state index in [0.717, 1.165) is 12.8 Å². The summed E-state index contributed by atoms with van der Waals surface area (Å²) in [6.45, 7) is 2.71. The molecule has 2 aromatic rings. The van der Waals surface area contributed by atoms with Gasteiger partial charge in [-0.1, -0.05) is 24.3 Å². The van der Waals surface area contributed by atoms with Crippen molar-refractivity contribution in [2.45, 2.75) is 19.8 Å². The molecule has 0 radical (unpaired) electrons.